The predicted molar refractivity (Wildman–Crippen MR) is 104 cm³/mol. The van der Waals surface area contributed by atoms with Crippen LogP contribution in [0.15, 0.2) is 12.3 Å². The minimum atomic E-state index is 0.0668. The van der Waals surface area contributed by atoms with Crippen molar-refractivity contribution >= 4 is 11.2 Å². The molecular weight excluding hydrogens is 324 g/mol. The van der Waals surface area contributed by atoms with Gasteiger partial charge in [-0.25, -0.2) is 4.98 Å². The summed E-state index contributed by atoms with van der Waals surface area (Å²) < 4.78 is 2.18. The number of aryl methyl sites for hydroxylation is 1. The van der Waals surface area contributed by atoms with Crippen LogP contribution in [0.1, 0.15) is 70.3 Å². The van der Waals surface area contributed by atoms with Gasteiger partial charge in [-0.3, -0.25) is 4.98 Å². The Morgan fingerprint density at radius 3 is 2.65 bits per heavy atom. The van der Waals surface area contributed by atoms with Gasteiger partial charge < -0.3 is 15.0 Å². The topological polar surface area (TPSA) is 63.0 Å². The molecule has 2 aromatic heterocycles. The molecular formula is C21H32N4O. The van der Waals surface area contributed by atoms with E-state index in [1.54, 1.807) is 0 Å². The molecule has 1 aliphatic heterocycles. The van der Waals surface area contributed by atoms with E-state index in [1.165, 1.54) is 31.4 Å². The van der Waals surface area contributed by atoms with E-state index < -0.39 is 0 Å². The number of aromatic nitrogens is 3. The van der Waals surface area contributed by atoms with E-state index in [2.05, 4.69) is 43.8 Å². The van der Waals surface area contributed by atoms with Crippen molar-refractivity contribution < 1.29 is 5.11 Å². The fourth-order valence-corrected chi connectivity index (χ4v) is 4.71. The second kappa shape index (κ2) is 6.61. The fraction of sp³-hybridized carbons (Fsp3) is 0.714. The standard InChI is InChI=1S/C21H32N4O/c1-21(2,3)19-10-16-20(25(19)4)24-17(11-22-16)15-7-5-6-14(13-8-9-13)18(12-26)23-15/h10-11,13-15,18,23,26H,5-9,12H2,1-4H3/t14-,15?,18-/m0/s1. The second-order valence-corrected chi connectivity index (χ2v) is 9.28. The van der Waals surface area contributed by atoms with Gasteiger partial charge in [0.2, 0.25) is 0 Å². The zero-order valence-electron chi connectivity index (χ0n) is 16.5. The molecule has 0 amide bonds. The maximum absolute atomic E-state index is 9.93. The van der Waals surface area contributed by atoms with Crippen molar-refractivity contribution in [3.8, 4) is 0 Å². The van der Waals surface area contributed by atoms with Crippen LogP contribution in [-0.4, -0.2) is 32.3 Å². The van der Waals surface area contributed by atoms with Crippen molar-refractivity contribution in [1.82, 2.24) is 19.9 Å². The van der Waals surface area contributed by atoms with Crippen molar-refractivity contribution in [1.29, 1.82) is 0 Å². The molecule has 1 unspecified atom stereocenters. The van der Waals surface area contributed by atoms with Crippen molar-refractivity contribution in [2.75, 3.05) is 6.61 Å². The SMILES string of the molecule is Cn1c(C(C)(C)C)cc2ncc(C3CCC[C@@H](C4CC4)[C@H](CO)N3)nc21. The lowest BCUT2D eigenvalue weighted by molar-refractivity contribution is 0.180. The van der Waals surface area contributed by atoms with E-state index in [0.717, 1.165) is 29.2 Å². The number of rotatable bonds is 3. The second-order valence-electron chi connectivity index (χ2n) is 9.28. The van der Waals surface area contributed by atoms with Crippen molar-refractivity contribution in [2.24, 2.45) is 18.9 Å². The molecule has 1 saturated heterocycles. The lowest BCUT2D eigenvalue weighted by Gasteiger charge is -2.26. The van der Waals surface area contributed by atoms with Crippen LogP contribution in [0.3, 0.4) is 0 Å². The maximum atomic E-state index is 9.93. The van der Waals surface area contributed by atoms with Crippen LogP contribution in [0.2, 0.25) is 0 Å². The Labute approximate surface area is 156 Å². The first-order valence-electron chi connectivity index (χ1n) is 10.1. The molecule has 0 aromatic carbocycles. The third-order valence-corrected chi connectivity index (χ3v) is 6.26. The molecule has 1 saturated carbocycles. The third-order valence-electron chi connectivity index (χ3n) is 6.26. The Hall–Kier alpha value is -1.46. The summed E-state index contributed by atoms with van der Waals surface area (Å²) in [5, 5.41) is 13.6. The highest BCUT2D eigenvalue weighted by Gasteiger charge is 2.38. The van der Waals surface area contributed by atoms with Crippen molar-refractivity contribution in [3.05, 3.63) is 23.7 Å². The van der Waals surface area contributed by atoms with E-state index >= 15 is 0 Å². The zero-order chi connectivity index (χ0) is 18.5. The van der Waals surface area contributed by atoms with E-state index in [9.17, 15) is 5.11 Å². The van der Waals surface area contributed by atoms with Crippen LogP contribution in [0.4, 0.5) is 0 Å². The number of nitrogens with one attached hydrogen (secondary N) is 1. The van der Waals surface area contributed by atoms with Gasteiger partial charge in [0.05, 0.1) is 24.5 Å². The molecule has 2 N–H and O–H groups in total. The molecule has 2 aromatic rings. The summed E-state index contributed by atoms with van der Waals surface area (Å²) in [6.45, 7) is 6.88. The van der Waals surface area contributed by atoms with E-state index in [1.807, 2.05) is 6.20 Å². The molecule has 5 heteroatoms. The van der Waals surface area contributed by atoms with Gasteiger partial charge in [-0.2, -0.15) is 0 Å². The first kappa shape index (κ1) is 17.9. The summed E-state index contributed by atoms with van der Waals surface area (Å²) in [6.07, 6.45) is 8.06. The summed E-state index contributed by atoms with van der Waals surface area (Å²) in [4.78, 5) is 9.70. The highest BCUT2D eigenvalue weighted by molar-refractivity contribution is 5.73. The number of hydrogen-bond donors (Lipinski definition) is 2. The van der Waals surface area contributed by atoms with E-state index in [0.29, 0.717) is 5.92 Å². The van der Waals surface area contributed by atoms with Gasteiger partial charge in [-0.1, -0.05) is 27.2 Å². The lowest BCUT2D eigenvalue weighted by Crippen LogP contribution is -2.40. The molecule has 0 spiro atoms. The Kier molecular flexibility index (Phi) is 4.56. The predicted octanol–water partition coefficient (Wildman–Crippen LogP) is 3.47. The van der Waals surface area contributed by atoms with Crippen LogP contribution >= 0.6 is 0 Å². The van der Waals surface area contributed by atoms with Gasteiger partial charge in [0.1, 0.15) is 5.52 Å². The van der Waals surface area contributed by atoms with Crippen LogP contribution in [0.5, 0.6) is 0 Å². The van der Waals surface area contributed by atoms with Crippen LogP contribution in [0, 0.1) is 11.8 Å². The molecule has 4 rings (SSSR count). The van der Waals surface area contributed by atoms with Gasteiger partial charge in [0, 0.05) is 24.2 Å². The molecule has 142 valence electrons. The maximum Gasteiger partial charge on any atom is 0.158 e. The summed E-state index contributed by atoms with van der Waals surface area (Å²) in [5.41, 5.74) is 4.24. The molecule has 0 bridgehead atoms. The van der Waals surface area contributed by atoms with Gasteiger partial charge in [-0.15, -0.1) is 0 Å². The Balaban J connectivity index is 1.64. The molecule has 1 aliphatic carbocycles. The third kappa shape index (κ3) is 3.27. The highest BCUT2D eigenvalue weighted by Crippen LogP contribution is 2.43. The molecule has 3 heterocycles. The quantitative estimate of drug-likeness (QED) is 0.884. The number of hydrogen-bond acceptors (Lipinski definition) is 4. The first-order chi connectivity index (χ1) is 12.4. The van der Waals surface area contributed by atoms with Gasteiger partial charge >= 0.3 is 0 Å². The van der Waals surface area contributed by atoms with E-state index in [4.69, 9.17) is 9.97 Å². The number of aliphatic hydroxyl groups is 1. The highest BCUT2D eigenvalue weighted by atomic mass is 16.3. The van der Waals surface area contributed by atoms with Crippen LogP contribution in [0.25, 0.3) is 11.2 Å². The largest absolute Gasteiger partial charge is 0.395 e. The minimum Gasteiger partial charge on any atom is -0.395 e. The summed E-state index contributed by atoms with van der Waals surface area (Å²) in [5.74, 6) is 1.43. The Morgan fingerprint density at radius 2 is 2.00 bits per heavy atom. The molecule has 3 atom stereocenters. The molecule has 26 heavy (non-hydrogen) atoms. The minimum absolute atomic E-state index is 0.0668. The zero-order valence-corrected chi connectivity index (χ0v) is 16.5. The number of aliphatic hydroxyl groups excluding tert-OH is 1. The average molecular weight is 357 g/mol. The number of fused-ring (bicyclic) bond motifs is 1. The molecule has 5 nitrogen and oxygen atoms in total. The van der Waals surface area contributed by atoms with Crippen LogP contribution < -0.4 is 5.32 Å². The monoisotopic (exact) mass is 356 g/mol. The normalized spacial score (nSPS) is 27.7. The summed E-state index contributed by atoms with van der Waals surface area (Å²) in [6, 6.07) is 2.53. The summed E-state index contributed by atoms with van der Waals surface area (Å²) in [7, 11) is 2.08. The fourth-order valence-electron chi connectivity index (χ4n) is 4.71. The molecule has 2 aliphatic rings. The van der Waals surface area contributed by atoms with Crippen molar-refractivity contribution in [3.63, 3.8) is 0 Å². The molecule has 2 fully saturated rings. The average Bonchev–Trinajstić information content (AvgIpc) is 3.39. The summed E-state index contributed by atoms with van der Waals surface area (Å²) >= 11 is 0. The Morgan fingerprint density at radius 1 is 1.23 bits per heavy atom. The molecule has 0 radical (unpaired) electrons. The van der Waals surface area contributed by atoms with Gasteiger partial charge in [0.25, 0.3) is 0 Å². The Bertz CT molecular complexity index is 787. The van der Waals surface area contributed by atoms with Crippen LogP contribution in [-0.2, 0) is 12.5 Å². The lowest BCUT2D eigenvalue weighted by atomic mass is 9.91. The number of nitrogens with zero attached hydrogens (tertiary/aromatic N) is 3. The first-order valence-corrected chi connectivity index (χ1v) is 10.1. The van der Waals surface area contributed by atoms with Gasteiger partial charge in [0.15, 0.2) is 5.65 Å². The van der Waals surface area contributed by atoms with Gasteiger partial charge in [-0.05, 0) is 43.6 Å². The van der Waals surface area contributed by atoms with E-state index in [-0.39, 0.29) is 24.1 Å². The smallest absolute Gasteiger partial charge is 0.158 e. The van der Waals surface area contributed by atoms with Crippen molar-refractivity contribution in [2.45, 2.75) is 70.4 Å².